The fourth-order valence-corrected chi connectivity index (χ4v) is 6.26. The van der Waals surface area contributed by atoms with E-state index in [4.69, 9.17) is 4.74 Å². The van der Waals surface area contributed by atoms with Crippen molar-refractivity contribution in [3.05, 3.63) is 81.9 Å². The molecule has 1 saturated heterocycles. The van der Waals surface area contributed by atoms with E-state index >= 15 is 0 Å². The number of carbonyl (C=O) groups is 1. The first-order chi connectivity index (χ1) is 18.1. The molecule has 0 spiro atoms. The molecule has 0 saturated carbocycles. The summed E-state index contributed by atoms with van der Waals surface area (Å²) >= 11 is 4.41. The molecule has 0 bridgehead atoms. The second-order valence-electron chi connectivity index (χ2n) is 10.3. The van der Waals surface area contributed by atoms with Crippen LogP contribution >= 0.6 is 12.6 Å². The predicted molar refractivity (Wildman–Crippen MR) is 149 cm³/mol. The minimum atomic E-state index is -5.14. The minimum Gasteiger partial charge on any atom is -0.448 e. The van der Waals surface area contributed by atoms with Crippen molar-refractivity contribution in [2.24, 2.45) is 0 Å². The Balaban J connectivity index is 0.00000353. The smallest absolute Gasteiger partial charge is 0.448 e. The molecular formula is C29H31BF3KN2O2S. The van der Waals surface area contributed by atoms with E-state index in [0.29, 0.717) is 43.2 Å². The molecule has 200 valence electrons. The second-order valence-corrected chi connectivity index (χ2v) is 10.7. The first-order valence-electron chi connectivity index (χ1n) is 12.9. The molecular weight excluding hydrogens is 547 g/mol. The van der Waals surface area contributed by atoms with Gasteiger partial charge in [0, 0.05) is 43.5 Å². The van der Waals surface area contributed by atoms with Gasteiger partial charge in [-0.25, -0.2) is 4.79 Å². The molecule has 39 heavy (non-hydrogen) atoms. The van der Waals surface area contributed by atoms with E-state index in [0.717, 1.165) is 5.56 Å². The van der Waals surface area contributed by atoms with Gasteiger partial charge in [-0.3, -0.25) is 4.90 Å². The van der Waals surface area contributed by atoms with Gasteiger partial charge in [-0.15, -0.1) is 18.1 Å². The molecule has 1 aliphatic heterocycles. The van der Waals surface area contributed by atoms with Crippen LogP contribution in [0.2, 0.25) is 0 Å². The molecule has 0 aromatic heterocycles. The summed E-state index contributed by atoms with van der Waals surface area (Å²) in [4.78, 5) is 17.1. The fraction of sp³-hybridized carbons (Fsp3) is 0.345. The van der Waals surface area contributed by atoms with Gasteiger partial charge >= 0.3 is 64.5 Å². The Labute approximate surface area is 276 Å². The quantitative estimate of drug-likeness (QED) is 0.374. The van der Waals surface area contributed by atoms with E-state index in [1.165, 1.54) is 29.2 Å². The van der Waals surface area contributed by atoms with Crippen molar-refractivity contribution in [1.82, 2.24) is 9.80 Å². The fourth-order valence-electron chi connectivity index (χ4n) is 6.00. The van der Waals surface area contributed by atoms with Crippen LogP contribution in [-0.2, 0) is 11.3 Å². The van der Waals surface area contributed by atoms with Gasteiger partial charge < -0.3 is 22.6 Å². The van der Waals surface area contributed by atoms with E-state index in [9.17, 15) is 17.7 Å². The zero-order valence-corrected chi connectivity index (χ0v) is 26.8. The number of nitrogens with zero attached hydrogens (tertiary/aromatic N) is 2. The molecule has 0 atom stereocenters. The molecule has 3 aromatic carbocycles. The van der Waals surface area contributed by atoms with Crippen molar-refractivity contribution in [3.63, 3.8) is 0 Å². The van der Waals surface area contributed by atoms with E-state index in [1.807, 2.05) is 31.2 Å². The van der Waals surface area contributed by atoms with Crippen molar-refractivity contribution in [2.75, 3.05) is 32.8 Å². The Morgan fingerprint density at radius 1 is 0.897 bits per heavy atom. The summed E-state index contributed by atoms with van der Waals surface area (Å²) in [5.41, 5.74) is 6.08. The summed E-state index contributed by atoms with van der Waals surface area (Å²) in [5, 5.41) is 0. The maximum atomic E-state index is 13.8. The molecule has 3 aromatic rings. The van der Waals surface area contributed by atoms with Gasteiger partial charge in [0.25, 0.3) is 0 Å². The normalized spacial score (nSPS) is 15.5. The Morgan fingerprint density at radius 2 is 1.44 bits per heavy atom. The number of benzene rings is 3. The van der Waals surface area contributed by atoms with Crippen LogP contribution in [0.3, 0.4) is 0 Å². The summed E-state index contributed by atoms with van der Waals surface area (Å²) in [6.07, 6.45) is -0.353. The third kappa shape index (κ3) is 6.03. The Kier molecular flexibility index (Phi) is 9.68. The van der Waals surface area contributed by atoms with Crippen LogP contribution in [0.1, 0.15) is 39.3 Å². The number of rotatable bonds is 5. The maximum absolute atomic E-state index is 13.8. The molecule has 0 radical (unpaired) electrons. The molecule has 1 fully saturated rings. The van der Waals surface area contributed by atoms with Crippen LogP contribution in [0.25, 0.3) is 11.1 Å². The average Bonchev–Trinajstić information content (AvgIpc) is 3.22. The average molecular weight is 579 g/mol. The maximum Gasteiger partial charge on any atom is 1.00 e. The van der Waals surface area contributed by atoms with Gasteiger partial charge in [0.1, 0.15) is 6.61 Å². The third-order valence-corrected chi connectivity index (χ3v) is 8.77. The van der Waals surface area contributed by atoms with Crippen molar-refractivity contribution >= 4 is 31.2 Å². The van der Waals surface area contributed by atoms with Crippen molar-refractivity contribution in [3.8, 4) is 11.1 Å². The summed E-state index contributed by atoms with van der Waals surface area (Å²) in [5.74, 6) is -0.0000168. The largest absolute Gasteiger partial charge is 1.00 e. The van der Waals surface area contributed by atoms with Crippen LogP contribution in [0.15, 0.2) is 53.4 Å². The molecule has 2 aliphatic rings. The monoisotopic (exact) mass is 578 g/mol. The Hall–Kier alpha value is -1.27. The zero-order valence-electron chi connectivity index (χ0n) is 22.8. The number of hydrogen-bond acceptors (Lipinski definition) is 4. The van der Waals surface area contributed by atoms with Gasteiger partial charge in [0.15, 0.2) is 0 Å². The predicted octanol–water partition coefficient (Wildman–Crippen LogP) is 3.03. The van der Waals surface area contributed by atoms with Gasteiger partial charge in [-0.05, 0) is 54.2 Å². The summed E-state index contributed by atoms with van der Waals surface area (Å²) in [7, 11) is 0. The van der Waals surface area contributed by atoms with E-state index in [2.05, 4.69) is 41.8 Å². The molecule has 0 unspecified atom stereocenters. The zero-order chi connectivity index (χ0) is 27.2. The number of amides is 1. The van der Waals surface area contributed by atoms with Crippen LogP contribution in [0.5, 0.6) is 0 Å². The van der Waals surface area contributed by atoms with E-state index < -0.39 is 12.4 Å². The van der Waals surface area contributed by atoms with Crippen LogP contribution in [0.4, 0.5) is 17.7 Å². The van der Waals surface area contributed by atoms with Crippen molar-refractivity contribution < 1.29 is 73.9 Å². The first-order valence-corrected chi connectivity index (χ1v) is 13.4. The first kappa shape index (κ1) is 30.7. The standard InChI is InChI=1S/C29H31BF3N2O2S.K/c1-18-25(19(2)28(38)20(3)27(18)30(31,32)33)16-34-12-14-35(15-13-34)29(36)37-17-26-23-10-6-4-8-21(23)22-9-5-7-11-24(22)26;/h4-11,26,38H,12-17H2,1-3H3;/q-1;+1. The molecule has 10 heteroatoms. The van der Waals surface area contributed by atoms with Gasteiger partial charge in [0.05, 0.1) is 0 Å². The minimum absolute atomic E-state index is 0. The molecule has 0 N–H and O–H groups in total. The van der Waals surface area contributed by atoms with Crippen molar-refractivity contribution in [2.45, 2.75) is 38.1 Å². The molecule has 1 amide bonds. The van der Waals surface area contributed by atoms with Gasteiger partial charge in [-0.1, -0.05) is 59.7 Å². The van der Waals surface area contributed by atoms with E-state index in [-0.39, 0.29) is 81.1 Å². The van der Waals surface area contributed by atoms with Crippen LogP contribution in [-0.4, -0.2) is 55.7 Å². The van der Waals surface area contributed by atoms with Gasteiger partial charge in [0.2, 0.25) is 0 Å². The SMILES string of the molecule is Cc1c(S)c(C)c([B-](F)(F)F)c(C)c1CN1CCN(C(=O)OCC2c3ccccc3-c3ccccc32)CC1.[K+]. The Bertz CT molecular complexity index is 1350. The van der Waals surface area contributed by atoms with E-state index in [1.54, 1.807) is 11.8 Å². The number of hydrogen-bond donors (Lipinski definition) is 1. The number of piperazine rings is 1. The summed E-state index contributed by atoms with van der Waals surface area (Å²) in [6, 6.07) is 16.4. The summed E-state index contributed by atoms with van der Waals surface area (Å²) < 4.78 is 47.3. The summed E-state index contributed by atoms with van der Waals surface area (Å²) in [6.45, 7) is 2.44. The second kappa shape index (κ2) is 12.3. The number of carbonyl (C=O) groups excluding carboxylic acids is 1. The molecule has 5 rings (SSSR count). The number of ether oxygens (including phenoxy) is 1. The Morgan fingerprint density at radius 3 is 1.97 bits per heavy atom. The molecule has 1 aliphatic carbocycles. The number of thiol groups is 1. The van der Waals surface area contributed by atoms with Gasteiger partial charge in [-0.2, -0.15) is 0 Å². The number of fused-ring (bicyclic) bond motifs is 3. The third-order valence-electron chi connectivity index (χ3n) is 8.10. The number of halogens is 3. The van der Waals surface area contributed by atoms with Crippen LogP contribution < -0.4 is 56.8 Å². The molecule has 4 nitrogen and oxygen atoms in total. The van der Waals surface area contributed by atoms with Crippen molar-refractivity contribution in [1.29, 1.82) is 0 Å². The van der Waals surface area contributed by atoms with Crippen LogP contribution in [0, 0.1) is 20.8 Å². The topological polar surface area (TPSA) is 32.8 Å². The molecule has 1 heterocycles.